The number of nitrogens with zero attached hydrogens (tertiary/aromatic N) is 3. The molecule has 3 fully saturated rings. The van der Waals surface area contributed by atoms with Crippen LogP contribution in [0.1, 0.15) is 38.2 Å². The monoisotopic (exact) mass is 459 g/mol. The van der Waals surface area contributed by atoms with E-state index in [0.29, 0.717) is 13.1 Å². The van der Waals surface area contributed by atoms with Crippen molar-refractivity contribution in [1.82, 2.24) is 9.80 Å². The van der Waals surface area contributed by atoms with Crippen LogP contribution in [-0.4, -0.2) is 67.4 Å². The van der Waals surface area contributed by atoms with E-state index >= 15 is 0 Å². The fourth-order valence-corrected chi connectivity index (χ4v) is 5.12. The summed E-state index contributed by atoms with van der Waals surface area (Å²) in [5.74, 6) is 0. The first-order chi connectivity index (χ1) is 14.7. The Morgan fingerprint density at radius 1 is 1.16 bits per heavy atom. The number of alkyl halides is 3. The number of anilines is 1. The number of ether oxygens (including phenoxy) is 1. The van der Waals surface area contributed by atoms with Crippen LogP contribution in [0.2, 0.25) is 5.02 Å². The second-order valence-corrected chi connectivity index (χ2v) is 9.60. The van der Waals surface area contributed by atoms with E-state index in [4.69, 9.17) is 11.6 Å². The molecule has 1 aromatic rings. The van der Waals surface area contributed by atoms with Gasteiger partial charge in [-0.15, -0.1) is 0 Å². The highest BCUT2D eigenvalue weighted by Gasteiger charge is 2.46. The first-order valence-corrected chi connectivity index (χ1v) is 11.3. The van der Waals surface area contributed by atoms with E-state index in [-0.39, 0.29) is 5.41 Å². The highest BCUT2D eigenvalue weighted by atomic mass is 35.5. The standard InChI is InChI=1S/C22H29ClF3N3O2/c1-16(22(24,25)26)31-20(30)29-10-6-21(7-11-29)14-27(15-21)13-17-4-5-18(23)12-19(17)28-8-2-3-9-28/h4-5,12,16H,2-3,6-11,13-15H2,1H3. The summed E-state index contributed by atoms with van der Waals surface area (Å²) in [6, 6.07) is 6.11. The van der Waals surface area contributed by atoms with Gasteiger partial charge in [0.15, 0.2) is 6.10 Å². The lowest BCUT2D eigenvalue weighted by molar-refractivity contribution is -0.200. The quantitative estimate of drug-likeness (QED) is 0.640. The number of carbonyl (C=O) groups excluding carboxylic acids is 1. The molecule has 0 radical (unpaired) electrons. The first-order valence-electron chi connectivity index (χ1n) is 10.9. The van der Waals surface area contributed by atoms with Crippen molar-refractivity contribution < 1.29 is 22.7 Å². The third-order valence-electron chi connectivity index (χ3n) is 6.83. The van der Waals surface area contributed by atoms with Crippen LogP contribution in [0.5, 0.6) is 0 Å². The molecule has 5 nitrogen and oxygen atoms in total. The van der Waals surface area contributed by atoms with Gasteiger partial charge in [0.1, 0.15) is 0 Å². The number of rotatable bonds is 4. The number of halogens is 4. The molecule has 3 saturated heterocycles. The Morgan fingerprint density at radius 2 is 1.81 bits per heavy atom. The molecule has 1 atom stereocenters. The summed E-state index contributed by atoms with van der Waals surface area (Å²) < 4.78 is 42.5. The molecule has 1 amide bonds. The SMILES string of the molecule is CC(OC(=O)N1CCC2(CC1)CN(Cc1ccc(Cl)cc1N1CCCC1)C2)C(F)(F)F. The average molecular weight is 460 g/mol. The molecule has 0 aromatic heterocycles. The van der Waals surface area contributed by atoms with Crippen molar-refractivity contribution in [3.05, 3.63) is 28.8 Å². The van der Waals surface area contributed by atoms with E-state index < -0.39 is 18.4 Å². The summed E-state index contributed by atoms with van der Waals surface area (Å²) in [7, 11) is 0. The number of carbonyl (C=O) groups is 1. The molecular weight excluding hydrogens is 431 g/mol. The van der Waals surface area contributed by atoms with Crippen molar-refractivity contribution in [1.29, 1.82) is 0 Å². The van der Waals surface area contributed by atoms with Gasteiger partial charge in [0.05, 0.1) is 0 Å². The number of likely N-dealkylation sites (tertiary alicyclic amines) is 2. The second kappa shape index (κ2) is 8.70. The van der Waals surface area contributed by atoms with Crippen LogP contribution in [0.3, 0.4) is 0 Å². The van der Waals surface area contributed by atoms with E-state index in [1.807, 2.05) is 6.07 Å². The lowest BCUT2D eigenvalue weighted by atomic mass is 9.72. The maximum atomic E-state index is 12.6. The maximum absolute atomic E-state index is 12.6. The Hall–Kier alpha value is -1.67. The van der Waals surface area contributed by atoms with Crippen LogP contribution in [0.25, 0.3) is 0 Å². The molecule has 1 aromatic carbocycles. The Balaban J connectivity index is 1.28. The van der Waals surface area contributed by atoms with E-state index in [1.165, 1.54) is 29.0 Å². The molecule has 0 saturated carbocycles. The van der Waals surface area contributed by atoms with Gasteiger partial charge in [-0.05, 0) is 55.7 Å². The molecule has 0 bridgehead atoms. The van der Waals surface area contributed by atoms with Gasteiger partial charge in [-0.3, -0.25) is 4.90 Å². The normalized spacial score (nSPS) is 22.5. The van der Waals surface area contributed by atoms with Crippen LogP contribution in [0.4, 0.5) is 23.7 Å². The fourth-order valence-electron chi connectivity index (χ4n) is 4.95. The zero-order chi connectivity index (χ0) is 22.2. The summed E-state index contributed by atoms with van der Waals surface area (Å²) in [4.78, 5) is 18.3. The van der Waals surface area contributed by atoms with Crippen molar-refractivity contribution in [3.8, 4) is 0 Å². The number of hydrogen-bond acceptors (Lipinski definition) is 4. The molecule has 9 heteroatoms. The first kappa shape index (κ1) is 22.5. The molecule has 3 heterocycles. The molecule has 3 aliphatic heterocycles. The van der Waals surface area contributed by atoms with Crippen LogP contribution in [0.15, 0.2) is 18.2 Å². The molecule has 172 valence electrons. The zero-order valence-corrected chi connectivity index (χ0v) is 18.5. The zero-order valence-electron chi connectivity index (χ0n) is 17.8. The molecule has 0 N–H and O–H groups in total. The highest BCUT2D eigenvalue weighted by molar-refractivity contribution is 6.30. The molecule has 0 aliphatic carbocycles. The topological polar surface area (TPSA) is 36.0 Å². The predicted molar refractivity (Wildman–Crippen MR) is 113 cm³/mol. The van der Waals surface area contributed by atoms with Gasteiger partial charge in [-0.1, -0.05) is 17.7 Å². The van der Waals surface area contributed by atoms with Gasteiger partial charge < -0.3 is 14.5 Å². The molecule has 1 unspecified atom stereocenters. The van der Waals surface area contributed by atoms with Crippen molar-refractivity contribution >= 4 is 23.4 Å². The van der Waals surface area contributed by atoms with E-state index in [0.717, 1.165) is 57.5 Å². The smallest absolute Gasteiger partial charge is 0.425 e. The lowest BCUT2D eigenvalue weighted by Crippen LogP contribution is -2.60. The maximum Gasteiger partial charge on any atom is 0.425 e. The Kier molecular flexibility index (Phi) is 6.32. The second-order valence-electron chi connectivity index (χ2n) is 9.17. The van der Waals surface area contributed by atoms with Crippen molar-refractivity contribution in [3.63, 3.8) is 0 Å². The van der Waals surface area contributed by atoms with Gasteiger partial charge in [0.2, 0.25) is 0 Å². The predicted octanol–water partition coefficient (Wildman–Crippen LogP) is 4.93. The molecule has 4 rings (SSSR count). The molecule has 1 spiro atoms. The van der Waals surface area contributed by atoms with E-state index in [2.05, 4.69) is 26.7 Å². The molecular formula is C22H29ClF3N3O2. The highest BCUT2D eigenvalue weighted by Crippen LogP contribution is 2.42. The molecule has 3 aliphatic rings. The van der Waals surface area contributed by atoms with Crippen LogP contribution < -0.4 is 4.90 Å². The van der Waals surface area contributed by atoms with Gasteiger partial charge >= 0.3 is 12.3 Å². The van der Waals surface area contributed by atoms with Crippen molar-refractivity contribution in [2.45, 2.75) is 51.4 Å². The van der Waals surface area contributed by atoms with Gasteiger partial charge in [0, 0.05) is 56.5 Å². The van der Waals surface area contributed by atoms with E-state index in [9.17, 15) is 18.0 Å². The number of hydrogen-bond donors (Lipinski definition) is 0. The van der Waals surface area contributed by atoms with Crippen LogP contribution in [0, 0.1) is 5.41 Å². The Bertz CT molecular complexity index is 798. The number of amides is 1. The van der Waals surface area contributed by atoms with Crippen molar-refractivity contribution in [2.75, 3.05) is 44.2 Å². The Labute approximate surface area is 186 Å². The van der Waals surface area contributed by atoms with Gasteiger partial charge in [0.25, 0.3) is 0 Å². The minimum atomic E-state index is -4.53. The summed E-state index contributed by atoms with van der Waals surface area (Å²) in [5.41, 5.74) is 2.65. The van der Waals surface area contributed by atoms with Gasteiger partial charge in [-0.25, -0.2) is 4.79 Å². The fraction of sp³-hybridized carbons (Fsp3) is 0.682. The summed E-state index contributed by atoms with van der Waals surface area (Å²) in [5, 5.41) is 0.754. The van der Waals surface area contributed by atoms with Crippen molar-refractivity contribution in [2.24, 2.45) is 5.41 Å². The third-order valence-corrected chi connectivity index (χ3v) is 7.06. The van der Waals surface area contributed by atoms with Crippen LogP contribution >= 0.6 is 11.6 Å². The third kappa shape index (κ3) is 5.06. The molecule has 31 heavy (non-hydrogen) atoms. The Morgan fingerprint density at radius 3 is 2.42 bits per heavy atom. The summed E-state index contributed by atoms with van der Waals surface area (Å²) >= 11 is 6.25. The number of piperidine rings is 1. The minimum Gasteiger partial charge on any atom is -0.437 e. The minimum absolute atomic E-state index is 0.145. The summed E-state index contributed by atoms with van der Waals surface area (Å²) in [6.07, 6.45) is -3.49. The lowest BCUT2D eigenvalue weighted by Gasteiger charge is -2.54. The average Bonchev–Trinajstić information content (AvgIpc) is 3.22. The summed E-state index contributed by atoms with van der Waals surface area (Å²) in [6.45, 7) is 6.62. The van der Waals surface area contributed by atoms with Crippen LogP contribution in [-0.2, 0) is 11.3 Å². The largest absolute Gasteiger partial charge is 0.437 e. The number of benzene rings is 1. The van der Waals surface area contributed by atoms with Gasteiger partial charge in [-0.2, -0.15) is 13.2 Å². The van der Waals surface area contributed by atoms with E-state index in [1.54, 1.807) is 0 Å².